The Bertz CT molecular complexity index is 807. The minimum atomic E-state index is 0.657. The van der Waals surface area contributed by atoms with E-state index < -0.39 is 0 Å². The van der Waals surface area contributed by atoms with E-state index in [1.54, 1.807) is 6.20 Å². The summed E-state index contributed by atoms with van der Waals surface area (Å²) in [5.41, 5.74) is 2.50. The molecule has 4 heterocycles. The van der Waals surface area contributed by atoms with Gasteiger partial charge in [-0.3, -0.25) is 9.88 Å². The summed E-state index contributed by atoms with van der Waals surface area (Å²) in [6.07, 6.45) is 7.45. The minimum absolute atomic E-state index is 0.657. The lowest BCUT2D eigenvalue weighted by atomic mass is 10.2. The van der Waals surface area contributed by atoms with E-state index in [1.165, 1.54) is 11.4 Å². The molecule has 0 bridgehead atoms. The Labute approximate surface area is 152 Å². The molecule has 4 rings (SSSR count). The standard InChI is InChI=1S/C19H20ClN5/c20-16-3-4-19(22-14-16)25-9-1-2-18(25)15-23-10-12-24(13-11-23)17-5-7-21-8-6-17/h1-9,14H,10-13,15H2. The van der Waals surface area contributed by atoms with Crippen LogP contribution in [0.3, 0.4) is 0 Å². The van der Waals surface area contributed by atoms with Gasteiger partial charge in [-0.25, -0.2) is 4.98 Å². The molecule has 128 valence electrons. The quantitative estimate of drug-likeness (QED) is 0.721. The smallest absolute Gasteiger partial charge is 0.136 e. The number of halogens is 1. The highest BCUT2D eigenvalue weighted by Crippen LogP contribution is 2.18. The Kier molecular flexibility index (Phi) is 4.68. The molecule has 0 N–H and O–H groups in total. The van der Waals surface area contributed by atoms with Gasteiger partial charge in [-0.15, -0.1) is 0 Å². The van der Waals surface area contributed by atoms with Crippen LogP contribution in [0.15, 0.2) is 61.2 Å². The van der Waals surface area contributed by atoms with Gasteiger partial charge in [-0.2, -0.15) is 0 Å². The van der Waals surface area contributed by atoms with Gasteiger partial charge in [-0.1, -0.05) is 11.6 Å². The monoisotopic (exact) mass is 353 g/mol. The zero-order chi connectivity index (χ0) is 17.1. The molecule has 1 aliphatic heterocycles. The van der Waals surface area contributed by atoms with E-state index in [9.17, 15) is 0 Å². The lowest BCUT2D eigenvalue weighted by Gasteiger charge is -2.36. The van der Waals surface area contributed by atoms with Crippen molar-refractivity contribution in [2.24, 2.45) is 0 Å². The van der Waals surface area contributed by atoms with Crippen LogP contribution in [0.4, 0.5) is 5.69 Å². The molecule has 3 aromatic heterocycles. The molecule has 0 radical (unpaired) electrons. The lowest BCUT2D eigenvalue weighted by Crippen LogP contribution is -2.46. The van der Waals surface area contributed by atoms with Gasteiger partial charge in [0.25, 0.3) is 0 Å². The van der Waals surface area contributed by atoms with Crippen LogP contribution in [-0.2, 0) is 6.54 Å². The highest BCUT2D eigenvalue weighted by molar-refractivity contribution is 6.30. The van der Waals surface area contributed by atoms with Gasteiger partial charge < -0.3 is 9.47 Å². The van der Waals surface area contributed by atoms with Gasteiger partial charge in [0.05, 0.1) is 5.02 Å². The summed E-state index contributed by atoms with van der Waals surface area (Å²) in [6.45, 7) is 5.07. The summed E-state index contributed by atoms with van der Waals surface area (Å²) in [5.74, 6) is 0.903. The van der Waals surface area contributed by atoms with Crippen LogP contribution in [0.25, 0.3) is 5.82 Å². The number of anilines is 1. The lowest BCUT2D eigenvalue weighted by molar-refractivity contribution is 0.246. The summed E-state index contributed by atoms with van der Waals surface area (Å²) < 4.78 is 2.13. The number of hydrogen-bond acceptors (Lipinski definition) is 4. The van der Waals surface area contributed by atoms with E-state index in [0.29, 0.717) is 5.02 Å². The van der Waals surface area contributed by atoms with Crippen molar-refractivity contribution < 1.29 is 0 Å². The SMILES string of the molecule is Clc1ccc(-n2cccc2CN2CCN(c3ccncc3)CC2)nc1. The number of aromatic nitrogens is 3. The van der Waals surface area contributed by atoms with Crippen LogP contribution in [0, 0.1) is 0 Å². The molecule has 5 nitrogen and oxygen atoms in total. The summed E-state index contributed by atoms with van der Waals surface area (Å²) in [7, 11) is 0. The molecular weight excluding hydrogens is 334 g/mol. The molecule has 0 spiro atoms. The Hall–Kier alpha value is -2.37. The van der Waals surface area contributed by atoms with Crippen LogP contribution in [0.2, 0.25) is 5.02 Å². The summed E-state index contributed by atoms with van der Waals surface area (Å²) >= 11 is 5.94. The first-order valence-electron chi connectivity index (χ1n) is 8.45. The molecule has 1 saturated heterocycles. The zero-order valence-electron chi connectivity index (χ0n) is 13.9. The van der Waals surface area contributed by atoms with Crippen molar-refractivity contribution in [1.29, 1.82) is 0 Å². The largest absolute Gasteiger partial charge is 0.369 e. The maximum absolute atomic E-state index is 5.94. The van der Waals surface area contributed by atoms with Crippen LogP contribution < -0.4 is 4.90 Å². The van der Waals surface area contributed by atoms with E-state index in [-0.39, 0.29) is 0 Å². The van der Waals surface area contributed by atoms with Crippen molar-refractivity contribution in [1.82, 2.24) is 19.4 Å². The predicted octanol–water partition coefficient (Wildman–Crippen LogP) is 3.24. The number of pyridine rings is 2. The van der Waals surface area contributed by atoms with Gasteiger partial charge in [0.1, 0.15) is 5.82 Å². The fourth-order valence-corrected chi connectivity index (χ4v) is 3.34. The first-order chi connectivity index (χ1) is 12.3. The van der Waals surface area contributed by atoms with Crippen molar-refractivity contribution in [2.45, 2.75) is 6.54 Å². The van der Waals surface area contributed by atoms with Crippen molar-refractivity contribution in [3.63, 3.8) is 0 Å². The molecule has 6 heteroatoms. The Morgan fingerprint density at radius 3 is 2.48 bits per heavy atom. The van der Waals surface area contributed by atoms with Gasteiger partial charge in [0.15, 0.2) is 0 Å². The average Bonchev–Trinajstić information content (AvgIpc) is 3.12. The topological polar surface area (TPSA) is 37.2 Å². The van der Waals surface area contributed by atoms with Crippen LogP contribution in [0.5, 0.6) is 0 Å². The first-order valence-corrected chi connectivity index (χ1v) is 8.83. The molecule has 3 aromatic rings. The maximum atomic E-state index is 5.94. The summed E-state index contributed by atoms with van der Waals surface area (Å²) in [6, 6.07) is 12.2. The van der Waals surface area contributed by atoms with Crippen LogP contribution in [0.1, 0.15) is 5.69 Å². The number of rotatable bonds is 4. The second kappa shape index (κ2) is 7.25. The molecule has 25 heavy (non-hydrogen) atoms. The van der Waals surface area contributed by atoms with Gasteiger partial charge in [-0.05, 0) is 36.4 Å². The molecule has 0 aromatic carbocycles. The molecular formula is C19H20ClN5. The summed E-state index contributed by atoms with van der Waals surface area (Å²) in [5, 5.41) is 0.657. The molecule has 0 atom stereocenters. The maximum Gasteiger partial charge on any atom is 0.136 e. The normalized spacial score (nSPS) is 15.5. The van der Waals surface area contributed by atoms with E-state index in [0.717, 1.165) is 38.5 Å². The van der Waals surface area contributed by atoms with Crippen molar-refractivity contribution in [3.8, 4) is 5.82 Å². The third-order valence-electron chi connectivity index (χ3n) is 4.58. The zero-order valence-corrected chi connectivity index (χ0v) is 14.7. The van der Waals surface area contributed by atoms with Crippen molar-refractivity contribution >= 4 is 17.3 Å². The molecule has 0 unspecified atom stereocenters. The first kappa shape index (κ1) is 16.1. The van der Waals surface area contributed by atoms with Crippen molar-refractivity contribution in [2.75, 3.05) is 31.1 Å². The van der Waals surface area contributed by atoms with Gasteiger partial charge >= 0.3 is 0 Å². The number of hydrogen-bond donors (Lipinski definition) is 0. The van der Waals surface area contributed by atoms with Gasteiger partial charge in [0, 0.05) is 68.9 Å². The third kappa shape index (κ3) is 3.67. The van der Waals surface area contributed by atoms with E-state index >= 15 is 0 Å². The Morgan fingerprint density at radius 1 is 0.960 bits per heavy atom. The number of piperazine rings is 1. The van der Waals surface area contributed by atoms with E-state index in [4.69, 9.17) is 11.6 Å². The van der Waals surface area contributed by atoms with Crippen LogP contribution in [-0.4, -0.2) is 45.6 Å². The molecule has 0 aliphatic carbocycles. The minimum Gasteiger partial charge on any atom is -0.369 e. The van der Waals surface area contributed by atoms with Gasteiger partial charge in [0.2, 0.25) is 0 Å². The fraction of sp³-hybridized carbons (Fsp3) is 0.263. The van der Waals surface area contributed by atoms with E-state index in [1.807, 2.05) is 24.5 Å². The molecule has 0 amide bonds. The predicted molar refractivity (Wildman–Crippen MR) is 100 cm³/mol. The Balaban J connectivity index is 1.41. The second-order valence-corrected chi connectivity index (χ2v) is 6.61. The average molecular weight is 354 g/mol. The summed E-state index contributed by atoms with van der Waals surface area (Å²) in [4.78, 5) is 13.4. The van der Waals surface area contributed by atoms with Crippen molar-refractivity contribution in [3.05, 3.63) is 71.9 Å². The highest BCUT2D eigenvalue weighted by Gasteiger charge is 2.18. The molecule has 1 aliphatic rings. The Morgan fingerprint density at radius 2 is 1.76 bits per heavy atom. The molecule has 0 saturated carbocycles. The fourth-order valence-electron chi connectivity index (χ4n) is 3.23. The highest BCUT2D eigenvalue weighted by atomic mass is 35.5. The van der Waals surface area contributed by atoms with Crippen LogP contribution >= 0.6 is 11.6 Å². The number of nitrogens with zero attached hydrogens (tertiary/aromatic N) is 5. The van der Waals surface area contributed by atoms with E-state index in [2.05, 4.69) is 54.8 Å². The molecule has 1 fully saturated rings. The second-order valence-electron chi connectivity index (χ2n) is 6.17. The third-order valence-corrected chi connectivity index (χ3v) is 4.80.